The lowest BCUT2D eigenvalue weighted by atomic mass is 9.85. The van der Waals surface area contributed by atoms with Crippen LogP contribution in [0.5, 0.6) is 11.5 Å². The zero-order valence-electron chi connectivity index (χ0n) is 26.4. The molecule has 2 aromatic rings. The summed E-state index contributed by atoms with van der Waals surface area (Å²) in [5.41, 5.74) is 10.9. The van der Waals surface area contributed by atoms with Gasteiger partial charge in [-0.1, -0.05) is 31.4 Å². The number of likely N-dealkylation sites (N-methyl/N-ethyl adjacent to an activating group) is 1. The van der Waals surface area contributed by atoms with Crippen molar-refractivity contribution in [1.29, 1.82) is 0 Å². The number of nitrogens with two attached hydrogens (primary N) is 1. The summed E-state index contributed by atoms with van der Waals surface area (Å²) >= 11 is 0.860. The second kappa shape index (κ2) is 16.0. The maximum Gasteiger partial charge on any atom is 0.338 e. The first-order valence-corrected chi connectivity index (χ1v) is 15.8. The molecule has 1 aliphatic heterocycles. The Hall–Kier alpha value is -3.30. The number of carbonyl (C=O) groups is 3. The number of ether oxygens (including phenoxy) is 3. The third kappa shape index (κ3) is 9.10. The van der Waals surface area contributed by atoms with E-state index < -0.39 is 5.60 Å². The summed E-state index contributed by atoms with van der Waals surface area (Å²) in [5.74, 6) is 1.02. The molecule has 1 atom stereocenters. The molecule has 0 aliphatic carbocycles. The van der Waals surface area contributed by atoms with Crippen LogP contribution < -0.4 is 15.2 Å². The van der Waals surface area contributed by atoms with Gasteiger partial charge in [0.2, 0.25) is 0 Å². The van der Waals surface area contributed by atoms with Gasteiger partial charge in [0.05, 0.1) is 17.1 Å². The molecule has 0 fully saturated rings. The number of nitrogens with zero attached hydrogens (tertiary/aromatic N) is 1. The third-order valence-electron chi connectivity index (χ3n) is 7.93. The first kappa shape index (κ1) is 34.2. The van der Waals surface area contributed by atoms with Crippen LogP contribution in [0.4, 0.5) is 0 Å². The van der Waals surface area contributed by atoms with Crippen LogP contribution in [-0.2, 0) is 20.7 Å². The van der Waals surface area contributed by atoms with Gasteiger partial charge in [-0.05, 0) is 118 Å². The molecule has 0 bridgehead atoms. The molecule has 43 heavy (non-hydrogen) atoms. The highest BCUT2D eigenvalue weighted by molar-refractivity contribution is 8.16. The lowest BCUT2D eigenvalue weighted by molar-refractivity contribution is -0.123. The van der Waals surface area contributed by atoms with Gasteiger partial charge in [-0.3, -0.25) is 9.59 Å². The molecular formula is C34H46N2O6S. The van der Waals surface area contributed by atoms with Crippen molar-refractivity contribution in [2.24, 2.45) is 5.73 Å². The van der Waals surface area contributed by atoms with E-state index in [4.69, 9.17) is 19.9 Å². The molecule has 1 heterocycles. The van der Waals surface area contributed by atoms with Crippen molar-refractivity contribution in [3.8, 4) is 11.5 Å². The molecular weight excluding hydrogens is 564 g/mol. The Kier molecular flexibility index (Phi) is 12.7. The number of thioether (sulfide) groups is 1. The first-order chi connectivity index (χ1) is 20.5. The Morgan fingerprint density at radius 2 is 1.70 bits per heavy atom. The van der Waals surface area contributed by atoms with Gasteiger partial charge in [0, 0.05) is 14.1 Å². The van der Waals surface area contributed by atoms with Crippen molar-refractivity contribution >= 4 is 35.3 Å². The van der Waals surface area contributed by atoms with Gasteiger partial charge in [-0.25, -0.2) is 4.79 Å². The van der Waals surface area contributed by atoms with E-state index in [1.54, 1.807) is 20.2 Å². The molecule has 234 valence electrons. The van der Waals surface area contributed by atoms with Crippen LogP contribution in [0.3, 0.4) is 0 Å². The highest BCUT2D eigenvalue weighted by atomic mass is 32.2. The number of esters is 1. The largest absolute Gasteiger partial charge is 0.489 e. The molecule has 0 spiro atoms. The molecule has 3 rings (SSSR count). The predicted octanol–water partition coefficient (Wildman–Crippen LogP) is 6.19. The van der Waals surface area contributed by atoms with Gasteiger partial charge < -0.3 is 24.8 Å². The van der Waals surface area contributed by atoms with Crippen LogP contribution in [-0.4, -0.2) is 61.8 Å². The van der Waals surface area contributed by atoms with Gasteiger partial charge >= 0.3 is 5.97 Å². The highest BCUT2D eigenvalue weighted by Crippen LogP contribution is 2.41. The number of hydrogen-bond acceptors (Lipinski definition) is 8. The minimum atomic E-state index is -0.549. The van der Waals surface area contributed by atoms with E-state index in [0.29, 0.717) is 35.1 Å². The van der Waals surface area contributed by atoms with E-state index in [-0.39, 0.29) is 11.9 Å². The highest BCUT2D eigenvalue weighted by Gasteiger charge is 2.36. The summed E-state index contributed by atoms with van der Waals surface area (Å²) in [5, 5.41) is 0. The van der Waals surface area contributed by atoms with E-state index in [1.165, 1.54) is 4.90 Å². The Bertz CT molecular complexity index is 1320. The predicted molar refractivity (Wildman–Crippen MR) is 173 cm³/mol. The van der Waals surface area contributed by atoms with Gasteiger partial charge in [0.1, 0.15) is 23.7 Å². The number of benzene rings is 2. The van der Waals surface area contributed by atoms with Gasteiger partial charge in [-0.15, -0.1) is 0 Å². The molecule has 9 heteroatoms. The minimum absolute atomic E-state index is 0.227. The molecule has 1 aliphatic rings. The van der Waals surface area contributed by atoms with Crippen molar-refractivity contribution in [3.63, 3.8) is 0 Å². The third-order valence-corrected chi connectivity index (χ3v) is 8.57. The Labute approximate surface area is 260 Å². The average molecular weight is 611 g/mol. The summed E-state index contributed by atoms with van der Waals surface area (Å²) in [4.78, 5) is 38.2. The quantitative estimate of drug-likeness (QED) is 0.110. The molecule has 0 saturated carbocycles. The number of amides is 1. The Morgan fingerprint density at radius 3 is 2.35 bits per heavy atom. The molecule has 8 nitrogen and oxygen atoms in total. The van der Waals surface area contributed by atoms with Crippen molar-refractivity contribution in [1.82, 2.24) is 4.90 Å². The van der Waals surface area contributed by atoms with Crippen molar-refractivity contribution in [2.75, 3.05) is 33.9 Å². The van der Waals surface area contributed by atoms with E-state index >= 15 is 0 Å². The van der Waals surface area contributed by atoms with Crippen molar-refractivity contribution < 1.29 is 28.6 Å². The van der Waals surface area contributed by atoms with Crippen LogP contribution in [0.25, 0.3) is 6.08 Å². The van der Waals surface area contributed by atoms with Crippen LogP contribution in [0.1, 0.15) is 83.6 Å². The van der Waals surface area contributed by atoms with Crippen molar-refractivity contribution in [2.45, 2.75) is 78.2 Å². The maximum atomic E-state index is 13.1. The number of unbranched alkanes of at least 4 members (excludes halogenated alkanes) is 4. The topological polar surface area (TPSA) is 108 Å². The monoisotopic (exact) mass is 610 g/mol. The molecule has 1 amide bonds. The van der Waals surface area contributed by atoms with Gasteiger partial charge in [-0.2, -0.15) is 0 Å². The van der Waals surface area contributed by atoms with Gasteiger partial charge in [0.15, 0.2) is 5.62 Å². The van der Waals surface area contributed by atoms with E-state index in [2.05, 4.69) is 0 Å². The maximum absolute atomic E-state index is 13.1. The Balaban J connectivity index is 1.65. The summed E-state index contributed by atoms with van der Waals surface area (Å²) in [6.07, 6.45) is 8.34. The molecule has 2 aromatic carbocycles. The molecule has 2 N–H and O–H groups in total. The lowest BCUT2D eigenvalue weighted by Gasteiger charge is -2.38. The number of fused-ring (bicyclic) bond motifs is 1. The SMILES string of the molecule is Cc1c(C)c(C(=O)OCCCCCCCN)c(C)c2c1OC(C)(COc1ccc(/C=C(\SC=O)C(=O)N(C)C)cc1)CC2. The number of rotatable bonds is 15. The van der Waals surface area contributed by atoms with Crippen LogP contribution in [0.2, 0.25) is 0 Å². The minimum Gasteiger partial charge on any atom is -0.489 e. The van der Waals surface area contributed by atoms with E-state index in [0.717, 1.165) is 96.8 Å². The lowest BCUT2D eigenvalue weighted by Crippen LogP contribution is -2.42. The standard InChI is InChI=1S/C34H46N2O6S/c1-23-24(2)31-28(25(3)30(23)33(39)40-19-11-9-7-8-10-18-35)16-17-34(4,42-31)21-41-27-14-12-26(13-15-27)20-29(43-22-37)32(38)36(5)6/h12-15,20,22H,7-11,16-19,21,35H2,1-6H3/b29-20-. The zero-order valence-corrected chi connectivity index (χ0v) is 27.2. The number of hydrogen-bond donors (Lipinski definition) is 1. The summed E-state index contributed by atoms with van der Waals surface area (Å²) in [6.45, 7) is 9.48. The first-order valence-electron chi connectivity index (χ1n) is 15.0. The fourth-order valence-corrected chi connectivity index (χ4v) is 5.79. The van der Waals surface area contributed by atoms with E-state index in [1.807, 2.05) is 52.0 Å². The molecule has 0 radical (unpaired) electrons. The second-order valence-corrected chi connectivity index (χ2v) is 12.4. The van der Waals surface area contributed by atoms with Crippen LogP contribution in [0, 0.1) is 20.8 Å². The van der Waals surface area contributed by atoms with Crippen LogP contribution in [0.15, 0.2) is 29.2 Å². The smallest absolute Gasteiger partial charge is 0.338 e. The molecule has 0 aromatic heterocycles. The second-order valence-electron chi connectivity index (χ2n) is 11.6. The number of carbonyl (C=O) groups excluding carboxylic acids is 3. The molecule has 1 unspecified atom stereocenters. The van der Waals surface area contributed by atoms with Crippen LogP contribution >= 0.6 is 11.8 Å². The summed E-state index contributed by atoms with van der Waals surface area (Å²) in [7, 11) is 3.30. The summed E-state index contributed by atoms with van der Waals surface area (Å²) in [6, 6.07) is 7.38. The summed E-state index contributed by atoms with van der Waals surface area (Å²) < 4.78 is 18.4. The normalized spacial score (nSPS) is 16.2. The van der Waals surface area contributed by atoms with E-state index in [9.17, 15) is 14.4 Å². The van der Waals surface area contributed by atoms with Gasteiger partial charge in [0.25, 0.3) is 5.91 Å². The van der Waals surface area contributed by atoms with Crippen molar-refractivity contribution in [3.05, 3.63) is 62.6 Å². The molecule has 0 saturated heterocycles. The fourth-order valence-electron chi connectivity index (χ4n) is 5.20. The Morgan fingerprint density at radius 1 is 1.02 bits per heavy atom. The fraction of sp³-hybridized carbons (Fsp3) is 0.500. The average Bonchev–Trinajstić information content (AvgIpc) is 2.98. The zero-order chi connectivity index (χ0) is 31.6.